The molecule has 2 heterocycles. The second-order valence-electron chi connectivity index (χ2n) is 7.30. The van der Waals surface area contributed by atoms with E-state index in [2.05, 4.69) is 4.99 Å². The van der Waals surface area contributed by atoms with Crippen LogP contribution in [0.1, 0.15) is 11.3 Å². The van der Waals surface area contributed by atoms with Gasteiger partial charge < -0.3 is 9.67 Å². The Morgan fingerprint density at radius 3 is 2.48 bits per heavy atom. The Labute approximate surface area is 184 Å². The summed E-state index contributed by atoms with van der Waals surface area (Å²) in [6.45, 7) is 1.74. The molecule has 0 radical (unpaired) electrons. The maximum atomic E-state index is 13.2. The van der Waals surface area contributed by atoms with E-state index in [0.29, 0.717) is 10.1 Å². The summed E-state index contributed by atoms with van der Waals surface area (Å²) >= 11 is 1.31. The zero-order valence-corrected chi connectivity index (χ0v) is 18.3. The summed E-state index contributed by atoms with van der Waals surface area (Å²) in [5, 5.41) is 14.1. The molecule has 7 nitrogen and oxygen atoms in total. The summed E-state index contributed by atoms with van der Waals surface area (Å²) in [5.74, 6) is -1.08. The van der Waals surface area contributed by atoms with Gasteiger partial charge in [0.15, 0.2) is 5.17 Å². The number of para-hydroxylation sites is 2. The van der Waals surface area contributed by atoms with Crippen LogP contribution in [-0.2, 0) is 16.1 Å². The molecule has 8 heteroatoms. The SMILES string of the molecule is Cc1c(C=C2SC(=Nc3ccccc3)N(N(C)C)C2=O)c2ccccc2n1CC(=O)O. The summed E-state index contributed by atoms with van der Waals surface area (Å²) in [6.07, 6.45) is 1.84. The highest BCUT2D eigenvalue weighted by Crippen LogP contribution is 2.37. The van der Waals surface area contributed by atoms with E-state index in [-0.39, 0.29) is 12.5 Å². The first kappa shape index (κ1) is 20.9. The highest BCUT2D eigenvalue weighted by Gasteiger charge is 2.35. The molecule has 1 saturated heterocycles. The fourth-order valence-corrected chi connectivity index (χ4v) is 4.64. The van der Waals surface area contributed by atoms with Gasteiger partial charge in [-0.1, -0.05) is 36.4 Å². The summed E-state index contributed by atoms with van der Waals surface area (Å²) in [4.78, 5) is 29.8. The highest BCUT2D eigenvalue weighted by atomic mass is 32.2. The van der Waals surface area contributed by atoms with Crippen molar-refractivity contribution in [2.75, 3.05) is 14.1 Å². The van der Waals surface area contributed by atoms with Crippen LogP contribution in [0.25, 0.3) is 17.0 Å². The molecule has 1 N–H and O–H groups in total. The number of benzene rings is 2. The second kappa shape index (κ2) is 8.41. The van der Waals surface area contributed by atoms with Gasteiger partial charge in [-0.2, -0.15) is 0 Å². The van der Waals surface area contributed by atoms with E-state index in [1.54, 1.807) is 23.7 Å². The van der Waals surface area contributed by atoms with Crippen molar-refractivity contribution in [3.8, 4) is 0 Å². The van der Waals surface area contributed by atoms with E-state index in [4.69, 9.17) is 0 Å². The minimum absolute atomic E-state index is 0.138. The third-order valence-corrected chi connectivity index (χ3v) is 5.97. The lowest BCUT2D eigenvalue weighted by Gasteiger charge is -2.22. The van der Waals surface area contributed by atoms with Gasteiger partial charge >= 0.3 is 5.97 Å². The third-order valence-electron chi connectivity index (χ3n) is 5.02. The van der Waals surface area contributed by atoms with Crippen LogP contribution in [0.4, 0.5) is 5.69 Å². The highest BCUT2D eigenvalue weighted by molar-refractivity contribution is 8.18. The van der Waals surface area contributed by atoms with E-state index in [0.717, 1.165) is 27.8 Å². The number of aliphatic imine (C=N–C) groups is 1. The van der Waals surface area contributed by atoms with Crippen LogP contribution in [0.15, 0.2) is 64.5 Å². The molecule has 2 aromatic carbocycles. The van der Waals surface area contributed by atoms with Crippen molar-refractivity contribution >= 4 is 51.5 Å². The summed E-state index contributed by atoms with van der Waals surface area (Å²) in [5.41, 5.74) is 3.23. The Morgan fingerprint density at radius 2 is 1.81 bits per heavy atom. The molecule has 1 aliphatic rings. The zero-order chi connectivity index (χ0) is 22.1. The average molecular weight is 435 g/mol. The van der Waals surface area contributed by atoms with Gasteiger partial charge in [-0.3, -0.25) is 9.59 Å². The summed E-state index contributed by atoms with van der Waals surface area (Å²) in [6, 6.07) is 17.1. The van der Waals surface area contributed by atoms with Crippen molar-refractivity contribution in [3.63, 3.8) is 0 Å². The number of carboxylic acid groups (broad SMARTS) is 1. The lowest BCUT2D eigenvalue weighted by Crippen LogP contribution is -2.40. The number of aliphatic carboxylic acids is 1. The molecule has 1 amide bonds. The van der Waals surface area contributed by atoms with Crippen molar-refractivity contribution in [2.45, 2.75) is 13.5 Å². The number of carbonyl (C=O) groups excluding carboxylic acids is 1. The number of rotatable bonds is 5. The molecule has 0 bridgehead atoms. The zero-order valence-electron chi connectivity index (χ0n) is 17.4. The first-order valence-corrected chi connectivity index (χ1v) is 10.5. The van der Waals surface area contributed by atoms with Gasteiger partial charge in [0, 0.05) is 36.3 Å². The molecule has 0 unspecified atom stereocenters. The van der Waals surface area contributed by atoms with E-state index in [1.165, 1.54) is 16.8 Å². The maximum absolute atomic E-state index is 13.2. The van der Waals surface area contributed by atoms with Crippen molar-refractivity contribution in [3.05, 3.63) is 70.8 Å². The molecule has 1 aliphatic heterocycles. The molecule has 0 saturated carbocycles. The number of nitrogens with zero attached hydrogens (tertiary/aromatic N) is 4. The molecule has 0 aliphatic carbocycles. The quantitative estimate of drug-likeness (QED) is 0.612. The largest absolute Gasteiger partial charge is 0.480 e. The number of fused-ring (bicyclic) bond motifs is 1. The first-order valence-electron chi connectivity index (χ1n) is 9.71. The van der Waals surface area contributed by atoms with Crippen LogP contribution in [0.5, 0.6) is 0 Å². The molecule has 1 aromatic heterocycles. The molecule has 3 aromatic rings. The molecule has 4 rings (SSSR count). The summed E-state index contributed by atoms with van der Waals surface area (Å²) < 4.78 is 1.76. The normalized spacial score (nSPS) is 16.9. The Morgan fingerprint density at radius 1 is 1.13 bits per heavy atom. The van der Waals surface area contributed by atoms with Crippen LogP contribution in [-0.4, -0.2) is 50.8 Å². The van der Waals surface area contributed by atoms with Crippen LogP contribution in [0.2, 0.25) is 0 Å². The maximum Gasteiger partial charge on any atom is 0.323 e. The van der Waals surface area contributed by atoms with E-state index >= 15 is 0 Å². The van der Waals surface area contributed by atoms with Crippen molar-refractivity contribution in [2.24, 2.45) is 4.99 Å². The molecule has 0 atom stereocenters. The Hall–Kier alpha value is -3.36. The van der Waals surface area contributed by atoms with Gasteiger partial charge in [-0.15, -0.1) is 0 Å². The number of carbonyl (C=O) groups is 2. The topological polar surface area (TPSA) is 78.1 Å². The fraction of sp³-hybridized carbons (Fsp3) is 0.174. The molecule has 158 valence electrons. The number of hydrogen-bond donors (Lipinski definition) is 1. The molecule has 0 spiro atoms. The van der Waals surface area contributed by atoms with Crippen molar-refractivity contribution < 1.29 is 14.7 Å². The van der Waals surface area contributed by atoms with Gasteiger partial charge in [-0.25, -0.2) is 15.0 Å². The molecular formula is C23H22N4O3S. The van der Waals surface area contributed by atoms with E-state index in [9.17, 15) is 14.7 Å². The minimum atomic E-state index is -0.912. The number of hydrazine groups is 1. The van der Waals surface area contributed by atoms with Gasteiger partial charge in [0.1, 0.15) is 6.54 Å². The number of hydrogen-bond acceptors (Lipinski definition) is 5. The molecule has 1 fully saturated rings. The predicted molar refractivity (Wildman–Crippen MR) is 124 cm³/mol. The van der Waals surface area contributed by atoms with Gasteiger partial charge in [0.05, 0.1) is 10.6 Å². The Kier molecular flexibility index (Phi) is 5.67. The Balaban J connectivity index is 1.81. The van der Waals surface area contributed by atoms with Gasteiger partial charge in [0.2, 0.25) is 0 Å². The minimum Gasteiger partial charge on any atom is -0.480 e. The molecule has 31 heavy (non-hydrogen) atoms. The smallest absolute Gasteiger partial charge is 0.323 e. The number of thioether (sulfide) groups is 1. The van der Waals surface area contributed by atoms with Crippen LogP contribution in [0.3, 0.4) is 0 Å². The van der Waals surface area contributed by atoms with E-state index in [1.807, 2.05) is 67.6 Å². The van der Waals surface area contributed by atoms with Crippen LogP contribution in [0, 0.1) is 6.92 Å². The van der Waals surface area contributed by atoms with Gasteiger partial charge in [-0.05, 0) is 43.0 Å². The van der Waals surface area contributed by atoms with Gasteiger partial charge in [0.25, 0.3) is 5.91 Å². The standard InChI is InChI=1S/C23H22N4O3S/c1-15-18(17-11-7-8-12-19(17)26(15)14-21(28)29)13-20-22(30)27(25(2)3)23(31-20)24-16-9-5-4-6-10-16/h4-13H,14H2,1-3H3,(H,28,29). The second-order valence-corrected chi connectivity index (χ2v) is 8.31. The van der Waals surface area contributed by atoms with E-state index < -0.39 is 5.97 Å². The number of amidine groups is 1. The number of aromatic nitrogens is 1. The first-order chi connectivity index (χ1) is 14.9. The average Bonchev–Trinajstić information content (AvgIpc) is 3.18. The number of carboxylic acids is 1. The predicted octanol–water partition coefficient (Wildman–Crippen LogP) is 4.11. The third kappa shape index (κ3) is 3.99. The fourth-order valence-electron chi connectivity index (χ4n) is 3.61. The lowest BCUT2D eigenvalue weighted by atomic mass is 10.1. The van der Waals surface area contributed by atoms with Crippen molar-refractivity contribution in [1.29, 1.82) is 0 Å². The lowest BCUT2D eigenvalue weighted by molar-refractivity contribution is -0.137. The monoisotopic (exact) mass is 434 g/mol. The Bertz CT molecular complexity index is 1230. The number of amides is 1. The molecular weight excluding hydrogens is 412 g/mol. The van der Waals surface area contributed by atoms with Crippen molar-refractivity contribution in [1.82, 2.24) is 14.6 Å². The van der Waals surface area contributed by atoms with Crippen LogP contribution >= 0.6 is 11.8 Å². The summed E-state index contributed by atoms with van der Waals surface area (Å²) in [7, 11) is 3.60. The van der Waals surface area contributed by atoms with Crippen LogP contribution < -0.4 is 0 Å².